The van der Waals surface area contributed by atoms with Gasteiger partial charge in [-0.1, -0.05) is 19.8 Å². The van der Waals surface area contributed by atoms with Gasteiger partial charge < -0.3 is 8.35 Å². The molecule has 2 heteroatoms. The zero-order valence-corrected chi connectivity index (χ0v) is 12.1. The molecule has 0 fully saturated rings. The first-order chi connectivity index (χ1) is 2.41. The fourth-order valence-corrected chi connectivity index (χ4v) is 0.250. The summed E-state index contributed by atoms with van der Waals surface area (Å²) in [4.78, 5) is 0. The minimum absolute atomic E-state index is 0. The third-order valence-corrected chi connectivity index (χ3v) is 0.604. The summed E-state index contributed by atoms with van der Waals surface area (Å²) in [6.07, 6.45) is 3.65. The van der Waals surface area contributed by atoms with Gasteiger partial charge >= 0.3 is 103 Å². The second-order valence-corrected chi connectivity index (χ2v) is 1.21. The van der Waals surface area contributed by atoms with Gasteiger partial charge in [0.05, 0.1) is 0 Å². The summed E-state index contributed by atoms with van der Waals surface area (Å²) in [7, 11) is 0. The van der Waals surface area contributed by atoms with Crippen LogP contribution in [0.1, 0.15) is 27.6 Å². The summed E-state index contributed by atoms with van der Waals surface area (Å²) in [6, 6.07) is 0. The largest absolute Gasteiger partial charge is 1.00 e. The van der Waals surface area contributed by atoms with E-state index in [0.29, 0.717) is 0 Å². The Balaban J connectivity index is -0.0000000267. The van der Waals surface area contributed by atoms with Crippen molar-refractivity contribution in [2.75, 3.05) is 0 Å². The third-order valence-electron chi connectivity index (χ3n) is 0.604. The maximum Gasteiger partial charge on any atom is 1.00 e. The Morgan fingerprint density at radius 3 is 1.86 bits per heavy atom. The quantitative estimate of drug-likeness (QED) is 0.279. The van der Waals surface area contributed by atoms with Crippen LogP contribution >= 0.6 is 0 Å². The molecule has 0 aromatic rings. The van der Waals surface area contributed by atoms with Crippen LogP contribution in [0.4, 0.5) is 0 Å². The van der Waals surface area contributed by atoms with Crippen LogP contribution in [0.15, 0.2) is 0 Å². The fourth-order valence-electron chi connectivity index (χ4n) is 0.250. The van der Waals surface area contributed by atoms with Gasteiger partial charge in [-0.2, -0.15) is 6.42 Å². The molecule has 7 heavy (non-hydrogen) atoms. The van der Waals surface area contributed by atoms with E-state index in [1.165, 1.54) is 12.8 Å². The van der Waals surface area contributed by atoms with Crippen molar-refractivity contribution in [2.24, 2.45) is 0 Å². The molecule has 0 radical (unpaired) electrons. The van der Waals surface area contributed by atoms with E-state index in [0.717, 1.165) is 6.42 Å². The second kappa shape index (κ2) is 16.1. The van der Waals surface area contributed by atoms with Gasteiger partial charge in [-0.25, -0.2) is 0 Å². The van der Waals surface area contributed by atoms with Gasteiger partial charge in [-0.3, -0.25) is 0 Å². The maximum atomic E-state index is 3.68. The Kier molecular flexibility index (Phi) is 38.5. The zero-order valence-electron chi connectivity index (χ0n) is 6.83. The molecule has 0 N–H and O–H groups in total. The van der Waals surface area contributed by atoms with Crippen molar-refractivity contribution < 1.29 is 104 Å². The smallest absolute Gasteiger partial charge is 1.00 e. The summed E-state index contributed by atoms with van der Waals surface area (Å²) in [5.74, 6) is 0. The summed E-state index contributed by atoms with van der Waals surface area (Å²) in [5.41, 5.74) is 0. The molecule has 0 nitrogen and oxygen atoms in total. The molecule has 0 aliphatic carbocycles. The van der Waals surface area contributed by atoms with Crippen molar-refractivity contribution >= 4 is 0 Å². The van der Waals surface area contributed by atoms with Gasteiger partial charge in [0.15, 0.2) is 0 Å². The first-order valence-corrected chi connectivity index (χ1v) is 2.21. The molecule has 0 amide bonds. The van der Waals surface area contributed by atoms with Crippen LogP contribution in [0.25, 0.3) is 0 Å². The van der Waals surface area contributed by atoms with Crippen LogP contribution in [0, 0.1) is 6.92 Å². The number of unbranched alkanes of at least 4 members (excludes halogenated alkanes) is 2. The van der Waals surface area contributed by atoms with Crippen molar-refractivity contribution in [2.45, 2.75) is 26.2 Å². The molecule has 0 unspecified atom stereocenters. The molecule has 0 rings (SSSR count). The average molecular weight is 150 g/mol. The first-order valence-electron chi connectivity index (χ1n) is 2.21. The van der Waals surface area contributed by atoms with Crippen LogP contribution < -0.4 is 103 Å². The molecule has 34 valence electrons. The van der Waals surface area contributed by atoms with Gasteiger partial charge in [-0.15, -0.1) is 0 Å². The fraction of sp³-hybridized carbons (Fsp3) is 0.800. The molecular weight excluding hydrogens is 138 g/mol. The van der Waals surface area contributed by atoms with Crippen molar-refractivity contribution in [1.82, 2.24) is 0 Å². The minimum Gasteiger partial charge on any atom is -1.00 e. The molecule has 0 aromatic heterocycles. The Hall–Kier alpha value is 3.27. The van der Waals surface area contributed by atoms with E-state index in [9.17, 15) is 0 Å². The van der Waals surface area contributed by atoms with Crippen LogP contribution in [0.2, 0.25) is 0 Å². The zero-order chi connectivity index (χ0) is 4.12. The van der Waals surface area contributed by atoms with Crippen molar-refractivity contribution in [3.63, 3.8) is 0 Å². The van der Waals surface area contributed by atoms with Crippen LogP contribution in [-0.4, -0.2) is 0 Å². The monoisotopic (exact) mass is 150 g/mol. The van der Waals surface area contributed by atoms with Gasteiger partial charge in [0.25, 0.3) is 0 Å². The number of hydrogen-bond donors (Lipinski definition) is 0. The van der Waals surface area contributed by atoms with Gasteiger partial charge in [0, 0.05) is 0 Å². The van der Waals surface area contributed by atoms with Crippen molar-refractivity contribution in [1.29, 1.82) is 0 Å². The standard InChI is InChI=1S/C5H11.2K.H/c1-3-5-4-2;;;/h1,3-5H2,2H3;;;/q-1;2*+1;-1. The number of rotatable bonds is 2. The van der Waals surface area contributed by atoms with E-state index in [4.69, 9.17) is 0 Å². The third kappa shape index (κ3) is 17.6. The topological polar surface area (TPSA) is 0 Å². The summed E-state index contributed by atoms with van der Waals surface area (Å²) < 4.78 is 0. The number of hydrogen-bond acceptors (Lipinski definition) is 0. The van der Waals surface area contributed by atoms with E-state index >= 15 is 0 Å². The molecule has 0 aliphatic rings. The van der Waals surface area contributed by atoms with Crippen LogP contribution in [0.5, 0.6) is 0 Å². The van der Waals surface area contributed by atoms with Gasteiger partial charge in [0.1, 0.15) is 0 Å². The average Bonchev–Trinajstić information content (AvgIpc) is 1.41. The van der Waals surface area contributed by atoms with Gasteiger partial charge in [0.2, 0.25) is 0 Å². The van der Waals surface area contributed by atoms with E-state index in [2.05, 4.69) is 13.8 Å². The molecule has 0 atom stereocenters. The van der Waals surface area contributed by atoms with Gasteiger partial charge in [-0.05, 0) is 0 Å². The molecule has 0 spiro atoms. The Labute approximate surface area is 134 Å². The molecule has 0 aromatic carbocycles. The second-order valence-electron chi connectivity index (χ2n) is 1.21. The van der Waals surface area contributed by atoms with Crippen molar-refractivity contribution in [3.05, 3.63) is 6.92 Å². The van der Waals surface area contributed by atoms with E-state index in [1.807, 2.05) is 0 Å². The summed E-state index contributed by atoms with van der Waals surface area (Å²) in [5, 5.41) is 0. The van der Waals surface area contributed by atoms with E-state index in [1.54, 1.807) is 0 Å². The van der Waals surface area contributed by atoms with Crippen LogP contribution in [-0.2, 0) is 0 Å². The predicted octanol–water partition coefficient (Wildman–Crippen LogP) is -3.87. The Bertz CT molecular complexity index is 17.9. The van der Waals surface area contributed by atoms with Crippen LogP contribution in [0.3, 0.4) is 0 Å². The molecule has 0 aliphatic heterocycles. The normalized spacial score (nSPS) is 6.00. The SMILES string of the molecule is [CH2-]CCCC.[H-].[K+].[K+]. The Morgan fingerprint density at radius 1 is 1.43 bits per heavy atom. The van der Waals surface area contributed by atoms with E-state index < -0.39 is 0 Å². The summed E-state index contributed by atoms with van der Waals surface area (Å²) >= 11 is 0. The molecule has 0 bridgehead atoms. The predicted molar refractivity (Wildman–Crippen MR) is 26.0 cm³/mol. The van der Waals surface area contributed by atoms with E-state index in [-0.39, 0.29) is 104 Å². The first kappa shape index (κ1) is 16.7. The molecule has 0 saturated carbocycles. The van der Waals surface area contributed by atoms with Crippen molar-refractivity contribution in [3.8, 4) is 0 Å². The summed E-state index contributed by atoms with van der Waals surface area (Å²) in [6.45, 7) is 5.85. The molecule has 0 saturated heterocycles. The molecular formula is C5H12K2. The minimum atomic E-state index is 0. The maximum absolute atomic E-state index is 3.68. The molecule has 0 heterocycles. The Morgan fingerprint density at radius 2 is 1.86 bits per heavy atom.